The van der Waals surface area contributed by atoms with Crippen LogP contribution in [-0.2, 0) is 4.79 Å². The van der Waals surface area contributed by atoms with E-state index in [0.29, 0.717) is 11.8 Å². The normalized spacial score (nSPS) is 23.8. The third kappa shape index (κ3) is 2.40. The largest absolute Gasteiger partial charge is 0.487 e. The summed E-state index contributed by atoms with van der Waals surface area (Å²) in [5.74, 6) is 1.42. The summed E-state index contributed by atoms with van der Waals surface area (Å²) in [6.45, 7) is 1.56. The number of nitrogens with zero attached hydrogens (tertiary/aromatic N) is 2. The van der Waals surface area contributed by atoms with Gasteiger partial charge in [-0.05, 0) is 25.0 Å². The van der Waals surface area contributed by atoms with Crippen molar-refractivity contribution in [3.63, 3.8) is 0 Å². The van der Waals surface area contributed by atoms with Gasteiger partial charge in [-0.3, -0.25) is 9.78 Å². The number of carbonyl (C=O) groups excluding carboxylic acids is 1. The van der Waals surface area contributed by atoms with E-state index < -0.39 is 0 Å². The SMILES string of the molecule is O=C(C1CC1)N1CCC(Oc2cccnc2)C1. The summed E-state index contributed by atoms with van der Waals surface area (Å²) in [5, 5.41) is 0. The molecule has 1 atom stereocenters. The quantitative estimate of drug-likeness (QED) is 0.792. The highest BCUT2D eigenvalue weighted by Gasteiger charge is 2.37. The van der Waals surface area contributed by atoms with Gasteiger partial charge in [0.15, 0.2) is 0 Å². The molecule has 2 heterocycles. The second-order valence-corrected chi connectivity index (χ2v) is 4.78. The summed E-state index contributed by atoms with van der Waals surface area (Å²) >= 11 is 0. The first kappa shape index (κ1) is 10.6. The molecule has 0 spiro atoms. The van der Waals surface area contributed by atoms with Crippen LogP contribution in [0.2, 0.25) is 0 Å². The average Bonchev–Trinajstić information content (AvgIpc) is 3.11. The molecule has 2 fully saturated rings. The van der Waals surface area contributed by atoms with Crippen LogP contribution < -0.4 is 4.74 Å². The van der Waals surface area contributed by atoms with E-state index in [-0.39, 0.29) is 6.10 Å². The monoisotopic (exact) mass is 232 g/mol. The zero-order valence-corrected chi connectivity index (χ0v) is 9.71. The van der Waals surface area contributed by atoms with Gasteiger partial charge in [0.1, 0.15) is 11.9 Å². The maximum Gasteiger partial charge on any atom is 0.225 e. The minimum atomic E-state index is 0.127. The second kappa shape index (κ2) is 4.35. The third-order valence-corrected chi connectivity index (χ3v) is 3.32. The molecule has 1 saturated heterocycles. The zero-order valence-electron chi connectivity index (χ0n) is 9.71. The van der Waals surface area contributed by atoms with Gasteiger partial charge in [-0.15, -0.1) is 0 Å². The molecule has 17 heavy (non-hydrogen) atoms. The molecule has 4 nitrogen and oxygen atoms in total. The Hall–Kier alpha value is -1.58. The summed E-state index contributed by atoms with van der Waals surface area (Å²) in [7, 11) is 0. The Morgan fingerprint density at radius 2 is 2.29 bits per heavy atom. The van der Waals surface area contributed by atoms with E-state index in [4.69, 9.17) is 4.74 Å². The lowest BCUT2D eigenvalue weighted by Crippen LogP contribution is -2.31. The number of carbonyl (C=O) groups is 1. The zero-order chi connectivity index (χ0) is 11.7. The number of ether oxygens (including phenoxy) is 1. The number of pyridine rings is 1. The lowest BCUT2D eigenvalue weighted by Gasteiger charge is -2.16. The highest BCUT2D eigenvalue weighted by Crippen LogP contribution is 2.32. The Morgan fingerprint density at radius 1 is 1.41 bits per heavy atom. The number of likely N-dealkylation sites (tertiary alicyclic amines) is 1. The van der Waals surface area contributed by atoms with Gasteiger partial charge in [0, 0.05) is 25.1 Å². The minimum absolute atomic E-state index is 0.127. The Bertz CT molecular complexity index is 403. The molecule has 1 amide bonds. The third-order valence-electron chi connectivity index (χ3n) is 3.32. The molecule has 0 bridgehead atoms. The summed E-state index contributed by atoms with van der Waals surface area (Å²) in [6.07, 6.45) is 6.64. The Kier molecular flexibility index (Phi) is 2.71. The van der Waals surface area contributed by atoms with Crippen molar-refractivity contribution < 1.29 is 9.53 Å². The van der Waals surface area contributed by atoms with E-state index in [0.717, 1.165) is 38.1 Å². The van der Waals surface area contributed by atoms with E-state index in [1.165, 1.54) is 0 Å². The standard InChI is InChI=1S/C13H16N2O2/c16-13(10-3-4-10)15-7-5-12(9-15)17-11-2-1-6-14-8-11/h1-2,6,8,10,12H,3-5,7,9H2. The van der Waals surface area contributed by atoms with Gasteiger partial charge >= 0.3 is 0 Å². The molecule has 1 aliphatic carbocycles. The average molecular weight is 232 g/mol. The highest BCUT2D eigenvalue weighted by molar-refractivity contribution is 5.81. The van der Waals surface area contributed by atoms with E-state index >= 15 is 0 Å². The van der Waals surface area contributed by atoms with Crippen molar-refractivity contribution in [1.29, 1.82) is 0 Å². The summed E-state index contributed by atoms with van der Waals surface area (Å²) in [4.78, 5) is 17.8. The van der Waals surface area contributed by atoms with Crippen molar-refractivity contribution >= 4 is 5.91 Å². The molecule has 2 aliphatic rings. The summed E-state index contributed by atoms with van der Waals surface area (Å²) < 4.78 is 5.80. The molecule has 0 radical (unpaired) electrons. The van der Waals surface area contributed by atoms with Crippen LogP contribution in [0, 0.1) is 5.92 Å². The molecule has 90 valence electrons. The number of hydrogen-bond donors (Lipinski definition) is 0. The predicted octanol–water partition coefficient (Wildman–Crippen LogP) is 1.47. The molecule has 1 aromatic heterocycles. The lowest BCUT2D eigenvalue weighted by molar-refractivity contribution is -0.131. The van der Waals surface area contributed by atoms with Gasteiger partial charge in [-0.2, -0.15) is 0 Å². The van der Waals surface area contributed by atoms with Crippen LogP contribution in [0.4, 0.5) is 0 Å². The maximum atomic E-state index is 11.9. The predicted molar refractivity (Wildman–Crippen MR) is 62.6 cm³/mol. The van der Waals surface area contributed by atoms with Gasteiger partial charge in [0.25, 0.3) is 0 Å². The molecule has 1 saturated carbocycles. The second-order valence-electron chi connectivity index (χ2n) is 4.78. The Balaban J connectivity index is 1.55. The molecule has 1 unspecified atom stereocenters. The van der Waals surface area contributed by atoms with Gasteiger partial charge in [0.2, 0.25) is 5.91 Å². The fourth-order valence-corrected chi connectivity index (χ4v) is 2.22. The van der Waals surface area contributed by atoms with Crippen molar-refractivity contribution in [2.45, 2.75) is 25.4 Å². The van der Waals surface area contributed by atoms with E-state index in [9.17, 15) is 4.79 Å². The molecule has 0 aromatic carbocycles. The van der Waals surface area contributed by atoms with E-state index in [1.807, 2.05) is 17.0 Å². The van der Waals surface area contributed by atoms with Crippen LogP contribution in [0.5, 0.6) is 5.75 Å². The summed E-state index contributed by atoms with van der Waals surface area (Å²) in [6, 6.07) is 3.76. The van der Waals surface area contributed by atoms with Crippen LogP contribution in [0.25, 0.3) is 0 Å². The Morgan fingerprint density at radius 3 is 3.00 bits per heavy atom. The molecule has 3 rings (SSSR count). The van der Waals surface area contributed by atoms with Crippen molar-refractivity contribution in [2.75, 3.05) is 13.1 Å². The smallest absolute Gasteiger partial charge is 0.225 e. The molecule has 0 N–H and O–H groups in total. The van der Waals surface area contributed by atoms with Gasteiger partial charge in [-0.25, -0.2) is 0 Å². The molecule has 4 heteroatoms. The van der Waals surface area contributed by atoms with Gasteiger partial charge < -0.3 is 9.64 Å². The molecule has 1 aromatic rings. The number of aromatic nitrogens is 1. The van der Waals surface area contributed by atoms with E-state index in [1.54, 1.807) is 12.4 Å². The van der Waals surface area contributed by atoms with Crippen LogP contribution in [0.3, 0.4) is 0 Å². The molecular formula is C13H16N2O2. The first-order valence-corrected chi connectivity index (χ1v) is 6.18. The van der Waals surface area contributed by atoms with Crippen LogP contribution in [-0.4, -0.2) is 35.0 Å². The van der Waals surface area contributed by atoms with Crippen molar-refractivity contribution in [1.82, 2.24) is 9.88 Å². The van der Waals surface area contributed by atoms with Crippen LogP contribution in [0.15, 0.2) is 24.5 Å². The first-order valence-electron chi connectivity index (χ1n) is 6.18. The number of rotatable bonds is 3. The first-order chi connectivity index (χ1) is 8.33. The fraction of sp³-hybridized carbons (Fsp3) is 0.538. The molecule has 1 aliphatic heterocycles. The van der Waals surface area contributed by atoms with Crippen LogP contribution in [0.1, 0.15) is 19.3 Å². The van der Waals surface area contributed by atoms with Gasteiger partial charge in [-0.1, -0.05) is 0 Å². The number of hydrogen-bond acceptors (Lipinski definition) is 3. The van der Waals surface area contributed by atoms with Crippen molar-refractivity contribution in [2.24, 2.45) is 5.92 Å². The summed E-state index contributed by atoms with van der Waals surface area (Å²) in [5.41, 5.74) is 0. The molecular weight excluding hydrogens is 216 g/mol. The maximum absolute atomic E-state index is 11.9. The topological polar surface area (TPSA) is 42.4 Å². The Labute approximate surface area is 101 Å². The lowest BCUT2D eigenvalue weighted by atomic mass is 10.3. The number of amides is 1. The highest BCUT2D eigenvalue weighted by atomic mass is 16.5. The van der Waals surface area contributed by atoms with Crippen molar-refractivity contribution in [3.8, 4) is 5.75 Å². The van der Waals surface area contributed by atoms with Crippen molar-refractivity contribution in [3.05, 3.63) is 24.5 Å². The van der Waals surface area contributed by atoms with E-state index in [2.05, 4.69) is 4.98 Å². The fourth-order valence-electron chi connectivity index (χ4n) is 2.22. The minimum Gasteiger partial charge on any atom is -0.487 e. The van der Waals surface area contributed by atoms with Gasteiger partial charge in [0.05, 0.1) is 12.7 Å². The van der Waals surface area contributed by atoms with Crippen LogP contribution >= 0.6 is 0 Å².